The zero-order chi connectivity index (χ0) is 21.7. The van der Waals surface area contributed by atoms with Gasteiger partial charge in [0.1, 0.15) is 5.82 Å². The van der Waals surface area contributed by atoms with E-state index >= 15 is 0 Å². The predicted octanol–water partition coefficient (Wildman–Crippen LogP) is 4.10. The molecular formula is C25H18N6O. The number of nitrogen functional groups attached to an aromatic ring is 1. The standard InChI is InChI=1S/C25H18N6O/c26-19-12-27-10-8-16(19)25(32)31-23-15-5-2-1-4-14(15)22-17(23)6-3-7-18(22)24-29-20-9-11-28-13-21(20)30-24/h1-13,23H,26H2,(H,29,30)(H,31,32)/t23-/m1/s1. The van der Waals surface area contributed by atoms with E-state index in [1.807, 2.05) is 42.5 Å². The fourth-order valence-corrected chi connectivity index (χ4v) is 4.41. The first kappa shape index (κ1) is 18.3. The first-order valence-electron chi connectivity index (χ1n) is 10.2. The molecule has 5 aromatic rings. The number of carbonyl (C=O) groups excluding carboxylic acids is 1. The molecule has 6 rings (SSSR count). The van der Waals surface area contributed by atoms with Crippen molar-refractivity contribution in [2.45, 2.75) is 6.04 Å². The highest BCUT2D eigenvalue weighted by molar-refractivity contribution is 6.00. The molecule has 0 saturated heterocycles. The molecule has 0 bridgehead atoms. The van der Waals surface area contributed by atoms with Gasteiger partial charge in [0.05, 0.1) is 40.7 Å². The third-order valence-corrected chi connectivity index (χ3v) is 5.86. The summed E-state index contributed by atoms with van der Waals surface area (Å²) in [6.07, 6.45) is 6.55. The van der Waals surface area contributed by atoms with E-state index in [4.69, 9.17) is 10.7 Å². The second-order valence-corrected chi connectivity index (χ2v) is 7.70. The minimum Gasteiger partial charge on any atom is -0.397 e. The Labute approximate surface area is 183 Å². The van der Waals surface area contributed by atoms with Crippen molar-refractivity contribution >= 4 is 22.6 Å². The third kappa shape index (κ3) is 2.75. The Balaban J connectivity index is 1.49. The SMILES string of the molecule is Nc1cnccc1C(=O)N[C@@H]1c2ccccc2-c2c(-c3nc4ccncc4[nH]3)cccc21. The summed E-state index contributed by atoms with van der Waals surface area (Å²) in [5, 5.41) is 3.17. The van der Waals surface area contributed by atoms with Crippen LogP contribution in [-0.2, 0) is 0 Å². The summed E-state index contributed by atoms with van der Waals surface area (Å²) in [6, 6.07) is 17.4. The number of hydrogen-bond donors (Lipinski definition) is 3. The molecule has 1 amide bonds. The summed E-state index contributed by atoms with van der Waals surface area (Å²) in [7, 11) is 0. The van der Waals surface area contributed by atoms with Crippen molar-refractivity contribution in [2.24, 2.45) is 0 Å². The number of nitrogens with zero attached hydrogens (tertiary/aromatic N) is 3. The van der Waals surface area contributed by atoms with E-state index in [1.54, 1.807) is 24.7 Å². The Morgan fingerprint density at radius 1 is 0.906 bits per heavy atom. The van der Waals surface area contributed by atoms with Crippen LogP contribution in [0.5, 0.6) is 0 Å². The van der Waals surface area contributed by atoms with E-state index in [0.29, 0.717) is 11.3 Å². The normalized spacial score (nSPS) is 14.2. The zero-order valence-electron chi connectivity index (χ0n) is 16.9. The Bertz CT molecular complexity index is 1470. The van der Waals surface area contributed by atoms with Gasteiger partial charge in [0, 0.05) is 18.0 Å². The fourth-order valence-electron chi connectivity index (χ4n) is 4.41. The molecule has 1 aliphatic carbocycles. The number of aromatic nitrogens is 4. The van der Waals surface area contributed by atoms with Crippen LogP contribution in [0.4, 0.5) is 5.69 Å². The molecule has 32 heavy (non-hydrogen) atoms. The number of hydrogen-bond acceptors (Lipinski definition) is 5. The van der Waals surface area contributed by atoms with Gasteiger partial charge in [-0.05, 0) is 34.4 Å². The molecule has 0 aliphatic heterocycles. The fraction of sp³-hybridized carbons (Fsp3) is 0.0400. The molecule has 3 heterocycles. The number of benzene rings is 2. The van der Waals surface area contributed by atoms with E-state index in [-0.39, 0.29) is 11.9 Å². The van der Waals surface area contributed by atoms with Gasteiger partial charge in [-0.25, -0.2) is 4.98 Å². The first-order chi connectivity index (χ1) is 15.7. The number of H-pyrrole nitrogens is 1. The van der Waals surface area contributed by atoms with Crippen molar-refractivity contribution in [1.29, 1.82) is 0 Å². The molecule has 154 valence electrons. The molecule has 7 nitrogen and oxygen atoms in total. The number of imidazole rings is 1. The summed E-state index contributed by atoms with van der Waals surface area (Å²) in [5.74, 6) is 0.530. The molecule has 0 spiro atoms. The molecular weight excluding hydrogens is 400 g/mol. The predicted molar refractivity (Wildman–Crippen MR) is 123 cm³/mol. The first-order valence-corrected chi connectivity index (χ1v) is 10.2. The minimum atomic E-state index is -0.299. The molecule has 0 fully saturated rings. The van der Waals surface area contributed by atoms with Crippen molar-refractivity contribution in [2.75, 3.05) is 5.73 Å². The number of rotatable bonds is 3. The molecule has 3 aromatic heterocycles. The summed E-state index contributed by atoms with van der Waals surface area (Å²) >= 11 is 0. The summed E-state index contributed by atoms with van der Waals surface area (Å²) in [5.41, 5.74) is 13.6. The number of aromatic amines is 1. The van der Waals surface area contributed by atoms with Gasteiger partial charge in [0.2, 0.25) is 0 Å². The number of fused-ring (bicyclic) bond motifs is 4. The van der Waals surface area contributed by atoms with Gasteiger partial charge in [-0.2, -0.15) is 0 Å². The van der Waals surface area contributed by atoms with Gasteiger partial charge in [-0.1, -0.05) is 42.5 Å². The maximum absolute atomic E-state index is 13.1. The van der Waals surface area contributed by atoms with Crippen LogP contribution in [0.25, 0.3) is 33.5 Å². The Kier molecular flexibility index (Phi) is 4.01. The largest absolute Gasteiger partial charge is 0.397 e. The molecule has 7 heteroatoms. The molecule has 1 atom stereocenters. The highest BCUT2D eigenvalue weighted by atomic mass is 16.1. The Morgan fingerprint density at radius 3 is 2.56 bits per heavy atom. The zero-order valence-corrected chi connectivity index (χ0v) is 16.9. The van der Waals surface area contributed by atoms with Crippen LogP contribution in [0.2, 0.25) is 0 Å². The number of nitrogens with one attached hydrogen (secondary N) is 2. The second-order valence-electron chi connectivity index (χ2n) is 7.70. The van der Waals surface area contributed by atoms with E-state index in [9.17, 15) is 4.79 Å². The third-order valence-electron chi connectivity index (χ3n) is 5.86. The van der Waals surface area contributed by atoms with Crippen LogP contribution in [0.15, 0.2) is 79.4 Å². The van der Waals surface area contributed by atoms with Gasteiger partial charge >= 0.3 is 0 Å². The van der Waals surface area contributed by atoms with Gasteiger partial charge in [-0.3, -0.25) is 14.8 Å². The lowest BCUT2D eigenvalue weighted by molar-refractivity contribution is 0.0944. The second kappa shape index (κ2) is 7.02. The lowest BCUT2D eigenvalue weighted by Gasteiger charge is -2.17. The van der Waals surface area contributed by atoms with Crippen LogP contribution < -0.4 is 11.1 Å². The maximum atomic E-state index is 13.1. The summed E-state index contributed by atoms with van der Waals surface area (Å²) in [4.78, 5) is 29.4. The van der Waals surface area contributed by atoms with Crippen molar-refractivity contribution in [3.63, 3.8) is 0 Å². The average Bonchev–Trinajstić information content (AvgIpc) is 3.39. The van der Waals surface area contributed by atoms with E-state index < -0.39 is 0 Å². The topological polar surface area (TPSA) is 110 Å². The molecule has 4 N–H and O–H groups in total. The van der Waals surface area contributed by atoms with Crippen molar-refractivity contribution in [1.82, 2.24) is 25.3 Å². The van der Waals surface area contributed by atoms with Crippen molar-refractivity contribution in [3.8, 4) is 22.5 Å². The number of amides is 1. The van der Waals surface area contributed by atoms with Crippen LogP contribution in [0, 0.1) is 0 Å². The molecule has 0 saturated carbocycles. The highest BCUT2D eigenvalue weighted by Crippen LogP contribution is 2.47. The highest BCUT2D eigenvalue weighted by Gasteiger charge is 2.32. The monoisotopic (exact) mass is 418 g/mol. The van der Waals surface area contributed by atoms with Gasteiger partial charge < -0.3 is 16.0 Å². The number of anilines is 1. The minimum absolute atomic E-state index is 0.238. The van der Waals surface area contributed by atoms with Gasteiger partial charge in [0.25, 0.3) is 5.91 Å². The lowest BCUT2D eigenvalue weighted by atomic mass is 9.98. The van der Waals surface area contributed by atoms with E-state index in [1.165, 1.54) is 6.20 Å². The van der Waals surface area contributed by atoms with E-state index in [2.05, 4.69) is 26.3 Å². The lowest BCUT2D eigenvalue weighted by Crippen LogP contribution is -2.28. The molecule has 0 radical (unpaired) electrons. The van der Waals surface area contributed by atoms with Gasteiger partial charge in [-0.15, -0.1) is 0 Å². The number of nitrogens with two attached hydrogens (primary N) is 1. The molecule has 2 aromatic carbocycles. The van der Waals surface area contributed by atoms with Crippen LogP contribution in [0.3, 0.4) is 0 Å². The van der Waals surface area contributed by atoms with E-state index in [0.717, 1.165) is 44.7 Å². The Hall–Kier alpha value is -4.52. The molecule has 0 unspecified atom stereocenters. The maximum Gasteiger partial charge on any atom is 0.254 e. The van der Waals surface area contributed by atoms with Crippen LogP contribution in [-0.4, -0.2) is 25.8 Å². The molecule has 1 aliphatic rings. The quantitative estimate of drug-likeness (QED) is 0.409. The van der Waals surface area contributed by atoms with Gasteiger partial charge in [0.15, 0.2) is 0 Å². The smallest absolute Gasteiger partial charge is 0.254 e. The summed E-state index contributed by atoms with van der Waals surface area (Å²) in [6.45, 7) is 0. The average molecular weight is 418 g/mol. The van der Waals surface area contributed by atoms with Crippen molar-refractivity contribution < 1.29 is 4.79 Å². The van der Waals surface area contributed by atoms with Crippen LogP contribution >= 0.6 is 0 Å². The number of carbonyl (C=O) groups is 1. The Morgan fingerprint density at radius 2 is 1.69 bits per heavy atom. The van der Waals surface area contributed by atoms with Crippen molar-refractivity contribution in [3.05, 3.63) is 96.1 Å². The number of pyridine rings is 2. The summed E-state index contributed by atoms with van der Waals surface area (Å²) < 4.78 is 0. The van der Waals surface area contributed by atoms with Crippen LogP contribution in [0.1, 0.15) is 27.5 Å².